The van der Waals surface area contributed by atoms with Crippen molar-refractivity contribution in [3.63, 3.8) is 0 Å². The largest absolute Gasteiger partial charge is 0.497 e. The van der Waals surface area contributed by atoms with Crippen molar-refractivity contribution in [2.45, 2.75) is 26.7 Å². The van der Waals surface area contributed by atoms with Crippen LogP contribution in [0.5, 0.6) is 5.75 Å². The van der Waals surface area contributed by atoms with E-state index in [1.54, 1.807) is 7.11 Å². The molecular weight excluding hydrogens is 284 g/mol. The molecule has 0 aliphatic heterocycles. The van der Waals surface area contributed by atoms with Crippen LogP contribution in [0.2, 0.25) is 0 Å². The average molecular weight is 302 g/mol. The van der Waals surface area contributed by atoms with E-state index in [1.165, 1.54) is 11.3 Å². The number of thiazole rings is 1. The number of nitrogens with zero attached hydrogens (tertiary/aromatic N) is 1. The maximum atomic E-state index is 12.2. The standard InChI is InChI=1S/C16H18N2O2S/c1-16(2)8-12-14(13(19)9-16)21-15(18-12)17-10-5-4-6-11(7-10)20-3/h4-7H,8-9H2,1-3H3,(H,17,18). The number of hydrogen-bond donors (Lipinski definition) is 1. The van der Waals surface area contributed by atoms with Crippen molar-refractivity contribution < 1.29 is 9.53 Å². The molecular formula is C16H18N2O2S. The first-order valence-corrected chi connectivity index (χ1v) is 7.72. The summed E-state index contributed by atoms with van der Waals surface area (Å²) in [6, 6.07) is 7.67. The SMILES string of the molecule is COc1cccc(Nc2nc3c(s2)C(=O)CC(C)(C)C3)c1. The summed E-state index contributed by atoms with van der Waals surface area (Å²) in [4.78, 5) is 17.6. The molecule has 2 aromatic rings. The summed E-state index contributed by atoms with van der Waals surface area (Å²) in [5.74, 6) is 0.996. The summed E-state index contributed by atoms with van der Waals surface area (Å²) >= 11 is 1.44. The zero-order valence-electron chi connectivity index (χ0n) is 12.4. The molecule has 0 saturated carbocycles. The zero-order chi connectivity index (χ0) is 15.0. The maximum Gasteiger partial charge on any atom is 0.188 e. The van der Waals surface area contributed by atoms with Crippen molar-refractivity contribution in [3.05, 3.63) is 34.8 Å². The topological polar surface area (TPSA) is 51.2 Å². The number of nitrogens with one attached hydrogen (secondary N) is 1. The number of ether oxygens (including phenoxy) is 1. The maximum absolute atomic E-state index is 12.2. The van der Waals surface area contributed by atoms with Crippen LogP contribution < -0.4 is 10.1 Å². The van der Waals surface area contributed by atoms with Gasteiger partial charge in [0.25, 0.3) is 0 Å². The predicted octanol–water partition coefficient (Wildman–Crippen LogP) is 4.05. The molecule has 0 radical (unpaired) electrons. The van der Waals surface area contributed by atoms with Crippen molar-refractivity contribution in [1.29, 1.82) is 0 Å². The highest BCUT2D eigenvalue weighted by molar-refractivity contribution is 7.17. The van der Waals surface area contributed by atoms with Crippen molar-refractivity contribution >= 4 is 27.9 Å². The number of carbonyl (C=O) groups is 1. The van der Waals surface area contributed by atoms with E-state index < -0.39 is 0 Å². The van der Waals surface area contributed by atoms with Gasteiger partial charge in [0.1, 0.15) is 5.75 Å². The van der Waals surface area contributed by atoms with Gasteiger partial charge in [-0.2, -0.15) is 0 Å². The Hall–Kier alpha value is -1.88. The van der Waals surface area contributed by atoms with Crippen LogP contribution in [0.1, 0.15) is 35.6 Å². The summed E-state index contributed by atoms with van der Waals surface area (Å²) < 4.78 is 5.21. The number of ketones is 1. The normalized spacial score (nSPS) is 16.4. The lowest BCUT2D eigenvalue weighted by molar-refractivity contribution is 0.0916. The Labute approximate surface area is 128 Å². The molecule has 1 aromatic heterocycles. The first-order valence-electron chi connectivity index (χ1n) is 6.91. The van der Waals surface area contributed by atoms with Crippen molar-refractivity contribution in [1.82, 2.24) is 4.98 Å². The first-order chi connectivity index (χ1) is 9.97. The number of benzene rings is 1. The molecule has 0 fully saturated rings. The summed E-state index contributed by atoms with van der Waals surface area (Å²) in [7, 11) is 1.64. The van der Waals surface area contributed by atoms with Gasteiger partial charge in [-0.05, 0) is 24.0 Å². The molecule has 1 aliphatic rings. The summed E-state index contributed by atoms with van der Waals surface area (Å²) in [6.45, 7) is 4.23. The average Bonchev–Trinajstić information content (AvgIpc) is 2.80. The number of rotatable bonds is 3. The molecule has 3 rings (SSSR count). The lowest BCUT2D eigenvalue weighted by Gasteiger charge is -2.26. The van der Waals surface area contributed by atoms with Crippen molar-refractivity contribution in [2.24, 2.45) is 5.41 Å². The Balaban J connectivity index is 1.86. The Kier molecular flexibility index (Phi) is 3.45. The van der Waals surface area contributed by atoms with E-state index in [0.717, 1.165) is 33.6 Å². The van der Waals surface area contributed by atoms with Gasteiger partial charge in [-0.15, -0.1) is 0 Å². The number of anilines is 2. The third kappa shape index (κ3) is 2.93. The highest BCUT2D eigenvalue weighted by Gasteiger charge is 2.33. The van der Waals surface area contributed by atoms with Crippen molar-refractivity contribution in [2.75, 3.05) is 12.4 Å². The van der Waals surface area contributed by atoms with E-state index in [4.69, 9.17) is 4.74 Å². The molecule has 1 N–H and O–H groups in total. The van der Waals surface area contributed by atoms with Crippen LogP contribution in [0.3, 0.4) is 0 Å². The van der Waals surface area contributed by atoms with Gasteiger partial charge in [-0.3, -0.25) is 4.79 Å². The van der Waals surface area contributed by atoms with E-state index in [1.807, 2.05) is 24.3 Å². The highest BCUT2D eigenvalue weighted by Crippen LogP contribution is 2.39. The van der Waals surface area contributed by atoms with E-state index in [2.05, 4.69) is 24.1 Å². The van der Waals surface area contributed by atoms with E-state index in [9.17, 15) is 4.79 Å². The second-order valence-corrected chi connectivity index (χ2v) is 7.09. The van der Waals surface area contributed by atoms with Gasteiger partial charge in [0.05, 0.1) is 17.7 Å². The van der Waals surface area contributed by atoms with Crippen LogP contribution >= 0.6 is 11.3 Å². The minimum absolute atomic E-state index is 0.00535. The molecule has 1 aromatic carbocycles. The molecule has 0 spiro atoms. The number of fused-ring (bicyclic) bond motifs is 1. The quantitative estimate of drug-likeness (QED) is 0.929. The number of hydrogen-bond acceptors (Lipinski definition) is 5. The van der Waals surface area contributed by atoms with E-state index in [0.29, 0.717) is 6.42 Å². The van der Waals surface area contributed by atoms with Gasteiger partial charge < -0.3 is 10.1 Å². The van der Waals surface area contributed by atoms with Gasteiger partial charge in [0.2, 0.25) is 0 Å². The monoisotopic (exact) mass is 302 g/mol. The smallest absolute Gasteiger partial charge is 0.188 e. The van der Waals surface area contributed by atoms with E-state index in [-0.39, 0.29) is 11.2 Å². The molecule has 21 heavy (non-hydrogen) atoms. The van der Waals surface area contributed by atoms with Gasteiger partial charge >= 0.3 is 0 Å². The minimum atomic E-state index is 0.00535. The van der Waals surface area contributed by atoms with Crippen LogP contribution in [0.15, 0.2) is 24.3 Å². The van der Waals surface area contributed by atoms with Crippen LogP contribution in [-0.2, 0) is 6.42 Å². The molecule has 1 heterocycles. The number of methoxy groups -OCH3 is 1. The van der Waals surface area contributed by atoms with Gasteiger partial charge in [0, 0.05) is 18.2 Å². The number of carbonyl (C=O) groups excluding carboxylic acids is 1. The minimum Gasteiger partial charge on any atom is -0.497 e. The Bertz CT molecular complexity index is 691. The molecule has 1 aliphatic carbocycles. The van der Waals surface area contributed by atoms with Gasteiger partial charge in [0.15, 0.2) is 10.9 Å². The molecule has 0 unspecified atom stereocenters. The fourth-order valence-electron chi connectivity index (χ4n) is 2.60. The van der Waals surface area contributed by atoms with Gasteiger partial charge in [-0.1, -0.05) is 31.3 Å². The van der Waals surface area contributed by atoms with Crippen LogP contribution in [0, 0.1) is 5.41 Å². The highest BCUT2D eigenvalue weighted by atomic mass is 32.1. The molecule has 0 amide bonds. The Morgan fingerprint density at radius 2 is 2.14 bits per heavy atom. The summed E-state index contributed by atoms with van der Waals surface area (Å²) in [5.41, 5.74) is 1.84. The van der Waals surface area contributed by atoms with Crippen molar-refractivity contribution in [3.8, 4) is 5.75 Å². The lowest BCUT2D eigenvalue weighted by Crippen LogP contribution is -2.25. The summed E-state index contributed by atoms with van der Waals surface area (Å²) in [6.07, 6.45) is 1.45. The van der Waals surface area contributed by atoms with E-state index >= 15 is 0 Å². The van der Waals surface area contributed by atoms with Crippen LogP contribution in [-0.4, -0.2) is 17.9 Å². The molecule has 5 heteroatoms. The van der Waals surface area contributed by atoms with Crippen LogP contribution in [0.4, 0.5) is 10.8 Å². The molecule has 0 atom stereocenters. The Morgan fingerprint density at radius 1 is 1.33 bits per heavy atom. The molecule has 4 nitrogen and oxygen atoms in total. The third-order valence-corrected chi connectivity index (χ3v) is 4.61. The number of aromatic nitrogens is 1. The molecule has 0 saturated heterocycles. The number of Topliss-reactive ketones (excluding diaryl/α,β-unsaturated/α-hetero) is 1. The first kappa shape index (κ1) is 14.1. The lowest BCUT2D eigenvalue weighted by atomic mass is 9.78. The second-order valence-electron chi connectivity index (χ2n) is 6.09. The Morgan fingerprint density at radius 3 is 2.90 bits per heavy atom. The van der Waals surface area contributed by atoms with Crippen LogP contribution in [0.25, 0.3) is 0 Å². The van der Waals surface area contributed by atoms with Gasteiger partial charge in [-0.25, -0.2) is 4.98 Å². The summed E-state index contributed by atoms with van der Waals surface area (Å²) in [5, 5.41) is 4.02. The fraction of sp³-hybridized carbons (Fsp3) is 0.375. The zero-order valence-corrected chi connectivity index (χ0v) is 13.2. The second kappa shape index (κ2) is 5.15. The molecule has 0 bridgehead atoms. The predicted molar refractivity (Wildman–Crippen MR) is 84.8 cm³/mol. The fourth-order valence-corrected chi connectivity index (χ4v) is 3.54. The third-order valence-electron chi connectivity index (χ3n) is 3.56. The molecule has 110 valence electrons.